The monoisotopic (exact) mass is 434 g/mol. The second kappa shape index (κ2) is 8.37. The van der Waals surface area contributed by atoms with Gasteiger partial charge in [-0.3, -0.25) is 4.79 Å². The van der Waals surface area contributed by atoms with Crippen LogP contribution in [0, 0.1) is 39.9 Å². The molecule has 4 aliphatic rings. The first-order valence-electron chi connectivity index (χ1n) is 12.6. The van der Waals surface area contributed by atoms with Crippen LogP contribution in [0.4, 0.5) is 0 Å². The van der Waals surface area contributed by atoms with E-state index in [2.05, 4.69) is 48.5 Å². The minimum atomic E-state index is -0.641. The summed E-state index contributed by atoms with van der Waals surface area (Å²) in [5.74, 6) is 2.12. The Hall–Kier alpha value is -1.06. The molecule has 0 aliphatic heterocycles. The molecule has 2 atom stereocenters. The Morgan fingerprint density at radius 3 is 1.84 bits per heavy atom. The van der Waals surface area contributed by atoms with Crippen molar-refractivity contribution in [1.82, 2.24) is 0 Å². The fourth-order valence-electron chi connectivity index (χ4n) is 7.09. The molecule has 4 heteroatoms. The van der Waals surface area contributed by atoms with Crippen molar-refractivity contribution in [3.05, 3.63) is 0 Å². The number of carbonyl (C=O) groups is 2. The summed E-state index contributed by atoms with van der Waals surface area (Å²) in [4.78, 5) is 25.9. The lowest BCUT2D eigenvalue weighted by molar-refractivity contribution is -0.204. The predicted molar refractivity (Wildman–Crippen MR) is 123 cm³/mol. The zero-order chi connectivity index (χ0) is 23.2. The van der Waals surface area contributed by atoms with Crippen LogP contribution >= 0.6 is 0 Å². The molecule has 0 saturated heterocycles. The number of rotatable bonds is 8. The van der Waals surface area contributed by atoms with Gasteiger partial charge in [-0.1, -0.05) is 41.0 Å². The second-order valence-corrected chi connectivity index (χ2v) is 13.1. The summed E-state index contributed by atoms with van der Waals surface area (Å²) in [5, 5.41) is 0. The summed E-state index contributed by atoms with van der Waals surface area (Å²) in [7, 11) is 0. The quantitative estimate of drug-likeness (QED) is 0.406. The van der Waals surface area contributed by atoms with Crippen molar-refractivity contribution in [2.75, 3.05) is 6.61 Å². The zero-order valence-corrected chi connectivity index (χ0v) is 21.3. The molecule has 2 unspecified atom stereocenters. The summed E-state index contributed by atoms with van der Waals surface area (Å²) in [6, 6.07) is 0. The number of esters is 2. The highest BCUT2D eigenvalue weighted by Gasteiger charge is 2.58. The molecule has 0 radical (unpaired) electrons. The summed E-state index contributed by atoms with van der Waals surface area (Å²) in [6.07, 6.45) is 9.38. The van der Waals surface area contributed by atoms with E-state index in [9.17, 15) is 9.59 Å². The average molecular weight is 435 g/mol. The highest BCUT2D eigenvalue weighted by atomic mass is 16.6. The molecule has 4 nitrogen and oxygen atoms in total. The SMILES string of the molecule is CCC(C)CC(C)(C(=O)OCC(=O)OC(C)(C)C12CC3CC(CC(C3)C1)C2)C(C)(C)C. The normalized spacial score (nSPS) is 33.0. The number of carbonyl (C=O) groups excluding carboxylic acids is 2. The van der Waals surface area contributed by atoms with Crippen LogP contribution in [0.5, 0.6) is 0 Å². The second-order valence-electron chi connectivity index (χ2n) is 13.1. The molecule has 4 bridgehead atoms. The van der Waals surface area contributed by atoms with Crippen LogP contribution in [0.2, 0.25) is 0 Å². The highest BCUT2D eigenvalue weighted by Crippen LogP contribution is 2.64. The Morgan fingerprint density at radius 2 is 1.42 bits per heavy atom. The molecular formula is C27H46O4. The van der Waals surface area contributed by atoms with Crippen LogP contribution in [0.3, 0.4) is 0 Å². The highest BCUT2D eigenvalue weighted by molar-refractivity contribution is 5.81. The third-order valence-corrected chi connectivity index (χ3v) is 9.56. The van der Waals surface area contributed by atoms with Gasteiger partial charge in [0.25, 0.3) is 0 Å². The van der Waals surface area contributed by atoms with Crippen molar-refractivity contribution in [2.45, 2.75) is 112 Å². The maximum atomic E-state index is 13.1. The molecular weight excluding hydrogens is 388 g/mol. The van der Waals surface area contributed by atoms with Gasteiger partial charge in [-0.15, -0.1) is 0 Å². The summed E-state index contributed by atoms with van der Waals surface area (Å²) < 4.78 is 11.6. The van der Waals surface area contributed by atoms with Crippen molar-refractivity contribution in [3.63, 3.8) is 0 Å². The van der Waals surface area contributed by atoms with E-state index in [1.807, 2.05) is 6.92 Å². The Bertz CT molecular complexity index is 651. The Morgan fingerprint density at radius 1 is 0.935 bits per heavy atom. The molecule has 31 heavy (non-hydrogen) atoms. The third-order valence-electron chi connectivity index (χ3n) is 9.56. The van der Waals surface area contributed by atoms with Crippen LogP contribution in [0.25, 0.3) is 0 Å². The third kappa shape index (κ3) is 4.69. The van der Waals surface area contributed by atoms with Crippen LogP contribution in [0.15, 0.2) is 0 Å². The van der Waals surface area contributed by atoms with E-state index in [1.54, 1.807) is 0 Å². The van der Waals surface area contributed by atoms with E-state index in [0.717, 1.165) is 30.6 Å². The van der Waals surface area contributed by atoms with Crippen molar-refractivity contribution in [1.29, 1.82) is 0 Å². The van der Waals surface area contributed by atoms with E-state index in [4.69, 9.17) is 9.47 Å². The molecule has 4 rings (SSSR count). The Kier molecular flexibility index (Phi) is 6.64. The van der Waals surface area contributed by atoms with E-state index in [0.29, 0.717) is 5.92 Å². The largest absolute Gasteiger partial charge is 0.457 e. The summed E-state index contributed by atoms with van der Waals surface area (Å²) in [6.45, 7) is 16.4. The molecule has 4 saturated carbocycles. The lowest BCUT2D eigenvalue weighted by Crippen LogP contribution is -2.57. The molecule has 4 fully saturated rings. The molecule has 0 N–H and O–H groups in total. The Balaban J connectivity index is 1.62. The van der Waals surface area contributed by atoms with E-state index < -0.39 is 17.0 Å². The van der Waals surface area contributed by atoms with Gasteiger partial charge in [0.2, 0.25) is 0 Å². The molecule has 0 amide bonds. The lowest BCUT2D eigenvalue weighted by atomic mass is 9.46. The predicted octanol–water partition coefficient (Wildman–Crippen LogP) is 6.56. The van der Waals surface area contributed by atoms with Gasteiger partial charge in [0.1, 0.15) is 5.60 Å². The van der Waals surface area contributed by atoms with Gasteiger partial charge in [-0.25, -0.2) is 4.79 Å². The van der Waals surface area contributed by atoms with Gasteiger partial charge in [0.15, 0.2) is 6.61 Å². The van der Waals surface area contributed by atoms with E-state index >= 15 is 0 Å². The standard InChI is InChI=1S/C27H46O4/c1-9-18(2)13-26(8,24(3,4)5)23(29)30-17-22(28)31-25(6,7)27-14-19-10-20(15-27)12-21(11-19)16-27/h18-21H,9-17H2,1-8H3. The van der Waals surface area contributed by atoms with Crippen LogP contribution in [0.1, 0.15) is 107 Å². The van der Waals surface area contributed by atoms with Crippen molar-refractivity contribution >= 4 is 11.9 Å². The number of hydrogen-bond donors (Lipinski definition) is 0. The van der Waals surface area contributed by atoms with Gasteiger partial charge < -0.3 is 9.47 Å². The first-order valence-corrected chi connectivity index (χ1v) is 12.6. The Labute approximate surface area is 190 Å². The topological polar surface area (TPSA) is 52.6 Å². The van der Waals surface area contributed by atoms with Gasteiger partial charge in [0, 0.05) is 5.41 Å². The van der Waals surface area contributed by atoms with Crippen LogP contribution in [-0.2, 0) is 19.1 Å². The maximum absolute atomic E-state index is 13.1. The number of hydrogen-bond acceptors (Lipinski definition) is 4. The van der Waals surface area contributed by atoms with Gasteiger partial charge >= 0.3 is 11.9 Å². The lowest BCUT2D eigenvalue weighted by Gasteiger charge is -2.61. The number of ether oxygens (including phenoxy) is 2. The van der Waals surface area contributed by atoms with E-state index in [1.165, 1.54) is 38.5 Å². The van der Waals surface area contributed by atoms with Crippen LogP contribution in [-0.4, -0.2) is 24.1 Å². The first-order chi connectivity index (χ1) is 14.2. The van der Waals surface area contributed by atoms with Crippen molar-refractivity contribution < 1.29 is 19.1 Å². The summed E-state index contributed by atoms with van der Waals surface area (Å²) in [5.41, 5.74) is -1.32. The smallest absolute Gasteiger partial charge is 0.344 e. The van der Waals surface area contributed by atoms with E-state index in [-0.39, 0.29) is 23.4 Å². The van der Waals surface area contributed by atoms with Crippen molar-refractivity contribution in [2.24, 2.45) is 39.9 Å². The van der Waals surface area contributed by atoms with Crippen LogP contribution < -0.4 is 0 Å². The average Bonchev–Trinajstić information content (AvgIpc) is 2.63. The minimum absolute atomic E-state index is 0.0951. The summed E-state index contributed by atoms with van der Waals surface area (Å²) >= 11 is 0. The fraction of sp³-hybridized carbons (Fsp3) is 0.926. The molecule has 0 spiro atoms. The van der Waals surface area contributed by atoms with Gasteiger partial charge in [-0.2, -0.15) is 0 Å². The van der Waals surface area contributed by atoms with Gasteiger partial charge in [-0.05, 0) is 94.8 Å². The zero-order valence-electron chi connectivity index (χ0n) is 21.3. The molecule has 0 aromatic heterocycles. The van der Waals surface area contributed by atoms with Gasteiger partial charge in [0.05, 0.1) is 5.41 Å². The molecule has 0 heterocycles. The first kappa shape index (κ1) is 24.6. The molecule has 178 valence electrons. The molecule has 4 aliphatic carbocycles. The fourth-order valence-corrected chi connectivity index (χ4v) is 7.09. The minimum Gasteiger partial charge on any atom is -0.457 e. The maximum Gasteiger partial charge on any atom is 0.344 e. The molecule has 0 aromatic rings. The molecule has 0 aromatic carbocycles. The van der Waals surface area contributed by atoms with Crippen molar-refractivity contribution in [3.8, 4) is 0 Å².